The number of hydrogen-bond donors (Lipinski definition) is 1. The molecule has 2 aromatic rings. The zero-order valence-electron chi connectivity index (χ0n) is 14.1. The molecular formula is C19H20FNO4. The number of carbonyl (C=O) groups is 2. The number of carbonyl (C=O) groups excluding carboxylic acids is 2. The Morgan fingerprint density at radius 2 is 1.84 bits per heavy atom. The molecule has 5 nitrogen and oxygen atoms in total. The topological polar surface area (TPSA) is 64.6 Å². The summed E-state index contributed by atoms with van der Waals surface area (Å²) in [5.41, 5.74) is 0.614. The van der Waals surface area contributed by atoms with Gasteiger partial charge in [-0.1, -0.05) is 19.9 Å². The third-order valence-electron chi connectivity index (χ3n) is 3.12. The molecule has 2 rings (SSSR count). The third kappa shape index (κ3) is 6.25. The first-order chi connectivity index (χ1) is 11.9. The van der Waals surface area contributed by atoms with Crippen molar-refractivity contribution in [3.63, 3.8) is 0 Å². The number of hydrogen-bond acceptors (Lipinski definition) is 4. The van der Waals surface area contributed by atoms with Crippen LogP contribution in [-0.4, -0.2) is 25.1 Å². The van der Waals surface area contributed by atoms with Crippen LogP contribution in [0.4, 0.5) is 10.1 Å². The van der Waals surface area contributed by atoms with Crippen molar-refractivity contribution in [1.82, 2.24) is 0 Å². The smallest absolute Gasteiger partial charge is 0.338 e. The van der Waals surface area contributed by atoms with Crippen molar-refractivity contribution in [3.05, 3.63) is 59.9 Å². The Bertz CT molecular complexity index is 728. The van der Waals surface area contributed by atoms with Gasteiger partial charge in [0, 0.05) is 5.69 Å². The Hall–Kier alpha value is -2.89. The minimum atomic E-state index is -0.621. The molecule has 0 aromatic heterocycles. The maximum atomic E-state index is 13.0. The van der Waals surface area contributed by atoms with Crippen LogP contribution in [0.25, 0.3) is 0 Å². The molecule has 0 heterocycles. The Labute approximate surface area is 145 Å². The highest BCUT2D eigenvalue weighted by atomic mass is 19.1. The second-order valence-corrected chi connectivity index (χ2v) is 5.86. The fourth-order valence-corrected chi connectivity index (χ4v) is 1.93. The van der Waals surface area contributed by atoms with Crippen LogP contribution in [0.3, 0.4) is 0 Å². The molecule has 0 aliphatic rings. The molecule has 0 radical (unpaired) electrons. The molecule has 0 spiro atoms. The van der Waals surface area contributed by atoms with Crippen LogP contribution in [-0.2, 0) is 9.53 Å². The average Bonchev–Trinajstić information content (AvgIpc) is 2.58. The van der Waals surface area contributed by atoms with Crippen molar-refractivity contribution < 1.29 is 23.5 Å². The highest BCUT2D eigenvalue weighted by Gasteiger charge is 2.11. The van der Waals surface area contributed by atoms with Gasteiger partial charge in [0.15, 0.2) is 6.61 Å². The van der Waals surface area contributed by atoms with E-state index >= 15 is 0 Å². The second kappa shape index (κ2) is 8.82. The first kappa shape index (κ1) is 18.4. The summed E-state index contributed by atoms with van der Waals surface area (Å²) in [6.45, 7) is 4.21. The van der Waals surface area contributed by atoms with E-state index in [9.17, 15) is 14.0 Å². The van der Waals surface area contributed by atoms with Crippen LogP contribution in [0.15, 0.2) is 48.5 Å². The molecule has 1 N–H and O–H groups in total. The van der Waals surface area contributed by atoms with Gasteiger partial charge in [0.2, 0.25) is 0 Å². The standard InChI is InChI=1S/C19H20FNO4/c1-13(2)11-24-17-8-6-14(7-9-17)19(23)25-12-18(22)21-16-5-3-4-15(20)10-16/h3-10,13H,11-12H2,1-2H3,(H,21,22). The van der Waals surface area contributed by atoms with Crippen LogP contribution in [0.5, 0.6) is 5.75 Å². The maximum absolute atomic E-state index is 13.0. The Morgan fingerprint density at radius 3 is 2.48 bits per heavy atom. The van der Waals surface area contributed by atoms with E-state index < -0.39 is 24.3 Å². The van der Waals surface area contributed by atoms with Crippen molar-refractivity contribution in [2.24, 2.45) is 5.92 Å². The lowest BCUT2D eigenvalue weighted by Gasteiger charge is -2.09. The number of nitrogens with one attached hydrogen (secondary N) is 1. The minimum absolute atomic E-state index is 0.299. The highest BCUT2D eigenvalue weighted by molar-refractivity contribution is 5.95. The number of halogens is 1. The van der Waals surface area contributed by atoms with Crippen LogP contribution in [0.1, 0.15) is 24.2 Å². The van der Waals surface area contributed by atoms with Crippen LogP contribution in [0, 0.1) is 11.7 Å². The van der Waals surface area contributed by atoms with Gasteiger partial charge < -0.3 is 14.8 Å². The van der Waals surface area contributed by atoms with Crippen molar-refractivity contribution in [3.8, 4) is 5.75 Å². The molecule has 0 unspecified atom stereocenters. The van der Waals surface area contributed by atoms with Crippen LogP contribution < -0.4 is 10.1 Å². The fourth-order valence-electron chi connectivity index (χ4n) is 1.93. The molecule has 0 atom stereocenters. The molecule has 0 aliphatic carbocycles. The predicted octanol–water partition coefficient (Wildman–Crippen LogP) is 3.66. The number of amides is 1. The van der Waals surface area contributed by atoms with Gasteiger partial charge in [-0.05, 0) is 48.4 Å². The van der Waals surface area contributed by atoms with Crippen LogP contribution in [0.2, 0.25) is 0 Å². The van der Waals surface area contributed by atoms with Gasteiger partial charge >= 0.3 is 5.97 Å². The molecule has 1 amide bonds. The number of ether oxygens (including phenoxy) is 2. The zero-order valence-corrected chi connectivity index (χ0v) is 14.1. The number of esters is 1. The number of anilines is 1. The molecule has 0 saturated heterocycles. The normalized spacial score (nSPS) is 10.4. The summed E-state index contributed by atoms with van der Waals surface area (Å²) in [5, 5.41) is 2.45. The molecular weight excluding hydrogens is 325 g/mol. The lowest BCUT2D eigenvalue weighted by Crippen LogP contribution is -2.21. The molecule has 0 saturated carbocycles. The van der Waals surface area contributed by atoms with E-state index in [0.717, 1.165) is 0 Å². The summed E-state index contributed by atoms with van der Waals surface area (Å²) in [4.78, 5) is 23.7. The third-order valence-corrected chi connectivity index (χ3v) is 3.12. The van der Waals surface area contributed by atoms with Gasteiger partial charge in [-0.2, -0.15) is 0 Å². The number of rotatable bonds is 7. The first-order valence-electron chi connectivity index (χ1n) is 7.89. The highest BCUT2D eigenvalue weighted by Crippen LogP contribution is 2.14. The van der Waals surface area contributed by atoms with E-state index in [4.69, 9.17) is 9.47 Å². The van der Waals surface area contributed by atoms with Crippen molar-refractivity contribution >= 4 is 17.6 Å². The summed E-state index contributed by atoms with van der Waals surface area (Å²) >= 11 is 0. The Kier molecular flexibility index (Phi) is 6.51. The van der Waals surface area contributed by atoms with Crippen molar-refractivity contribution in [2.75, 3.05) is 18.5 Å². The summed E-state index contributed by atoms with van der Waals surface area (Å²) in [6, 6.07) is 11.9. The minimum Gasteiger partial charge on any atom is -0.493 e. The summed E-state index contributed by atoms with van der Waals surface area (Å²) < 4.78 is 23.5. The molecule has 132 valence electrons. The Balaban J connectivity index is 1.82. The van der Waals surface area contributed by atoms with E-state index in [-0.39, 0.29) is 0 Å². The van der Waals surface area contributed by atoms with Gasteiger partial charge in [-0.15, -0.1) is 0 Å². The van der Waals surface area contributed by atoms with E-state index in [1.165, 1.54) is 18.2 Å². The molecule has 0 aliphatic heterocycles. The maximum Gasteiger partial charge on any atom is 0.338 e. The lowest BCUT2D eigenvalue weighted by atomic mass is 10.2. The molecule has 0 fully saturated rings. The first-order valence-corrected chi connectivity index (χ1v) is 7.89. The van der Waals surface area contributed by atoms with Gasteiger partial charge in [0.05, 0.1) is 12.2 Å². The molecule has 6 heteroatoms. The van der Waals surface area contributed by atoms with Gasteiger partial charge in [-0.25, -0.2) is 9.18 Å². The predicted molar refractivity (Wildman–Crippen MR) is 92.1 cm³/mol. The zero-order chi connectivity index (χ0) is 18.2. The quantitative estimate of drug-likeness (QED) is 0.778. The SMILES string of the molecule is CC(C)COc1ccc(C(=O)OCC(=O)Nc2cccc(F)c2)cc1. The summed E-state index contributed by atoms with van der Waals surface area (Å²) in [7, 11) is 0. The van der Waals surface area contributed by atoms with Gasteiger partial charge in [0.25, 0.3) is 5.91 Å². The average molecular weight is 345 g/mol. The molecule has 0 bridgehead atoms. The molecule has 25 heavy (non-hydrogen) atoms. The molecule has 2 aromatic carbocycles. The largest absolute Gasteiger partial charge is 0.493 e. The monoisotopic (exact) mass is 345 g/mol. The Morgan fingerprint density at radius 1 is 1.12 bits per heavy atom. The van der Waals surface area contributed by atoms with Gasteiger partial charge in [0.1, 0.15) is 11.6 Å². The summed E-state index contributed by atoms with van der Waals surface area (Å²) in [5.74, 6) is -0.564. The number of benzene rings is 2. The second-order valence-electron chi connectivity index (χ2n) is 5.86. The van der Waals surface area contributed by atoms with E-state index in [1.807, 2.05) is 13.8 Å². The van der Waals surface area contributed by atoms with Crippen LogP contribution >= 0.6 is 0 Å². The van der Waals surface area contributed by atoms with Crippen molar-refractivity contribution in [2.45, 2.75) is 13.8 Å². The lowest BCUT2D eigenvalue weighted by molar-refractivity contribution is -0.119. The van der Waals surface area contributed by atoms with E-state index in [2.05, 4.69) is 5.32 Å². The van der Waals surface area contributed by atoms with E-state index in [1.54, 1.807) is 30.3 Å². The van der Waals surface area contributed by atoms with Crippen molar-refractivity contribution in [1.29, 1.82) is 0 Å². The fraction of sp³-hybridized carbons (Fsp3) is 0.263. The van der Waals surface area contributed by atoms with Gasteiger partial charge in [-0.3, -0.25) is 4.79 Å². The van der Waals surface area contributed by atoms with E-state index in [0.29, 0.717) is 29.5 Å². The summed E-state index contributed by atoms with van der Waals surface area (Å²) in [6.07, 6.45) is 0.